The van der Waals surface area contributed by atoms with Crippen LogP contribution < -0.4 is 10.2 Å². The molecule has 1 atom stereocenters. The summed E-state index contributed by atoms with van der Waals surface area (Å²) in [5.41, 5.74) is -4.74. The molecule has 1 saturated heterocycles. The fourth-order valence-corrected chi connectivity index (χ4v) is 3.08. The van der Waals surface area contributed by atoms with Gasteiger partial charge in [0.25, 0.3) is 9.84 Å². The molecule has 0 bridgehead atoms. The van der Waals surface area contributed by atoms with E-state index in [0.29, 0.717) is 18.8 Å². The van der Waals surface area contributed by atoms with Gasteiger partial charge in [-0.15, -0.1) is 0 Å². The second-order valence-electron chi connectivity index (χ2n) is 5.04. The molecule has 1 aromatic rings. The Morgan fingerprint density at radius 3 is 2.36 bits per heavy atom. The molecule has 0 aromatic heterocycles. The molecule has 0 unspecified atom stereocenters. The van der Waals surface area contributed by atoms with Crippen molar-refractivity contribution >= 4 is 21.4 Å². The Morgan fingerprint density at radius 2 is 1.82 bits per heavy atom. The van der Waals surface area contributed by atoms with Gasteiger partial charge < -0.3 is 10.2 Å². The number of halogens is 3. The van der Waals surface area contributed by atoms with Crippen molar-refractivity contribution < 1.29 is 26.4 Å². The van der Waals surface area contributed by atoms with E-state index < -0.39 is 20.2 Å². The van der Waals surface area contributed by atoms with Gasteiger partial charge in [-0.3, -0.25) is 4.79 Å². The van der Waals surface area contributed by atoms with Crippen molar-refractivity contribution in [2.75, 3.05) is 18.0 Å². The lowest BCUT2D eigenvalue weighted by Crippen LogP contribution is -2.34. The van der Waals surface area contributed by atoms with Crippen LogP contribution in [0, 0.1) is 0 Å². The third-order valence-corrected chi connectivity index (χ3v) is 4.97. The summed E-state index contributed by atoms with van der Waals surface area (Å²) < 4.78 is 60.1. The van der Waals surface area contributed by atoms with Crippen LogP contribution in [0.3, 0.4) is 0 Å². The lowest BCUT2D eigenvalue weighted by atomic mass is 10.2. The Labute approximate surface area is 126 Å². The van der Waals surface area contributed by atoms with Crippen LogP contribution in [0.25, 0.3) is 0 Å². The highest BCUT2D eigenvalue weighted by atomic mass is 32.2. The van der Waals surface area contributed by atoms with Crippen LogP contribution in [0.15, 0.2) is 29.2 Å². The van der Waals surface area contributed by atoms with Crippen molar-refractivity contribution in [1.29, 1.82) is 0 Å². The van der Waals surface area contributed by atoms with E-state index in [1.807, 2.05) is 11.8 Å². The van der Waals surface area contributed by atoms with Crippen LogP contribution in [-0.2, 0) is 14.6 Å². The Kier molecular flexibility index (Phi) is 4.37. The summed E-state index contributed by atoms with van der Waals surface area (Å²) >= 11 is 0. The third-order valence-electron chi connectivity index (χ3n) is 3.47. The summed E-state index contributed by atoms with van der Waals surface area (Å²) in [5, 5.41) is 2.70. The van der Waals surface area contributed by atoms with E-state index in [1.54, 1.807) is 0 Å². The molecular formula is C13H15F3N2O3S. The predicted molar refractivity (Wildman–Crippen MR) is 74.1 cm³/mol. The second-order valence-corrected chi connectivity index (χ2v) is 6.98. The molecule has 2 rings (SSSR count). The van der Waals surface area contributed by atoms with Crippen molar-refractivity contribution in [1.82, 2.24) is 5.32 Å². The maximum atomic E-state index is 12.5. The standard InChI is InChI=1S/C13H15F3N2O3S/c1-9-8-12(19)17-6-7-18(9)10-2-4-11(5-3-10)22(20,21)13(14,15)16/h2-5,9H,6-8H2,1H3,(H,17,19)/t9-/m1/s1. The third kappa shape index (κ3) is 3.18. The van der Waals surface area contributed by atoms with Gasteiger partial charge in [0.2, 0.25) is 5.91 Å². The van der Waals surface area contributed by atoms with Crippen LogP contribution in [0.1, 0.15) is 13.3 Å². The lowest BCUT2D eigenvalue weighted by molar-refractivity contribution is -0.120. The molecule has 9 heteroatoms. The van der Waals surface area contributed by atoms with Gasteiger partial charge in [-0.05, 0) is 31.2 Å². The molecule has 0 aliphatic carbocycles. The summed E-state index contributed by atoms with van der Waals surface area (Å²) in [7, 11) is -5.34. The summed E-state index contributed by atoms with van der Waals surface area (Å²) in [5.74, 6) is -0.0914. The van der Waals surface area contributed by atoms with Crippen LogP contribution in [0.4, 0.5) is 18.9 Å². The number of amides is 1. The van der Waals surface area contributed by atoms with E-state index in [4.69, 9.17) is 0 Å². The summed E-state index contributed by atoms with van der Waals surface area (Å²) in [6, 6.07) is 4.39. The molecule has 1 fully saturated rings. The molecular weight excluding hydrogens is 321 g/mol. The minimum atomic E-state index is -5.34. The van der Waals surface area contributed by atoms with Gasteiger partial charge in [0.05, 0.1) is 4.90 Å². The minimum Gasteiger partial charge on any atom is -0.367 e. The zero-order valence-electron chi connectivity index (χ0n) is 11.7. The molecule has 122 valence electrons. The van der Waals surface area contributed by atoms with Crippen molar-refractivity contribution in [3.05, 3.63) is 24.3 Å². The van der Waals surface area contributed by atoms with E-state index >= 15 is 0 Å². The molecule has 1 aliphatic heterocycles. The van der Waals surface area contributed by atoms with E-state index in [1.165, 1.54) is 12.1 Å². The molecule has 1 aliphatic rings. The minimum absolute atomic E-state index is 0.0914. The van der Waals surface area contributed by atoms with Gasteiger partial charge in [0.15, 0.2) is 0 Å². The smallest absolute Gasteiger partial charge is 0.367 e. The number of alkyl halides is 3. The Balaban J connectivity index is 2.27. The number of benzene rings is 1. The summed E-state index contributed by atoms with van der Waals surface area (Å²) in [4.78, 5) is 12.5. The molecule has 0 spiro atoms. The van der Waals surface area contributed by atoms with E-state index in [0.717, 1.165) is 12.1 Å². The first-order valence-corrected chi connectivity index (χ1v) is 8.06. The van der Waals surface area contributed by atoms with Crippen molar-refractivity contribution in [2.24, 2.45) is 0 Å². The number of nitrogens with one attached hydrogen (secondary N) is 1. The average Bonchev–Trinajstić information content (AvgIpc) is 2.58. The maximum absolute atomic E-state index is 12.5. The number of carbonyl (C=O) groups is 1. The number of carbonyl (C=O) groups excluding carboxylic acids is 1. The maximum Gasteiger partial charge on any atom is 0.501 e. The van der Waals surface area contributed by atoms with Crippen molar-refractivity contribution in [3.8, 4) is 0 Å². The van der Waals surface area contributed by atoms with E-state index in [-0.39, 0.29) is 18.4 Å². The van der Waals surface area contributed by atoms with Gasteiger partial charge in [-0.2, -0.15) is 13.2 Å². The molecule has 1 heterocycles. The van der Waals surface area contributed by atoms with E-state index in [2.05, 4.69) is 5.32 Å². The topological polar surface area (TPSA) is 66.5 Å². The second kappa shape index (κ2) is 5.79. The molecule has 0 saturated carbocycles. The number of anilines is 1. The number of hydrogen-bond donors (Lipinski definition) is 1. The molecule has 22 heavy (non-hydrogen) atoms. The van der Waals surface area contributed by atoms with Crippen LogP contribution >= 0.6 is 0 Å². The quantitative estimate of drug-likeness (QED) is 0.893. The first-order valence-electron chi connectivity index (χ1n) is 6.57. The average molecular weight is 336 g/mol. The predicted octanol–water partition coefficient (Wildman–Crippen LogP) is 1.69. The Hall–Kier alpha value is -1.77. The molecule has 1 N–H and O–H groups in total. The van der Waals surface area contributed by atoms with Gasteiger partial charge in [-0.1, -0.05) is 0 Å². The first kappa shape index (κ1) is 16.6. The van der Waals surface area contributed by atoms with Crippen LogP contribution in [0.2, 0.25) is 0 Å². The van der Waals surface area contributed by atoms with Crippen molar-refractivity contribution in [2.45, 2.75) is 29.8 Å². The largest absolute Gasteiger partial charge is 0.501 e. The zero-order valence-corrected chi connectivity index (χ0v) is 12.5. The zero-order chi connectivity index (χ0) is 16.5. The highest BCUT2D eigenvalue weighted by molar-refractivity contribution is 7.92. The molecule has 0 radical (unpaired) electrons. The summed E-state index contributed by atoms with van der Waals surface area (Å²) in [6.07, 6.45) is 0.266. The fourth-order valence-electron chi connectivity index (χ4n) is 2.32. The normalized spacial score (nSPS) is 20.5. The number of sulfone groups is 1. The highest BCUT2D eigenvalue weighted by Gasteiger charge is 2.46. The SMILES string of the molecule is C[C@@H]1CC(=O)NCCN1c1ccc(S(=O)(=O)C(F)(F)F)cc1. The Morgan fingerprint density at radius 1 is 1.23 bits per heavy atom. The van der Waals surface area contributed by atoms with Gasteiger partial charge in [0.1, 0.15) is 0 Å². The van der Waals surface area contributed by atoms with E-state index in [9.17, 15) is 26.4 Å². The van der Waals surface area contributed by atoms with Crippen LogP contribution in [-0.4, -0.2) is 39.0 Å². The van der Waals surface area contributed by atoms with Crippen molar-refractivity contribution in [3.63, 3.8) is 0 Å². The molecule has 5 nitrogen and oxygen atoms in total. The Bertz CT molecular complexity index is 656. The van der Waals surface area contributed by atoms with Gasteiger partial charge in [-0.25, -0.2) is 8.42 Å². The summed E-state index contributed by atoms with van der Waals surface area (Å²) in [6.45, 7) is 2.75. The number of rotatable bonds is 2. The highest BCUT2D eigenvalue weighted by Crippen LogP contribution is 2.31. The van der Waals surface area contributed by atoms with Crippen LogP contribution in [0.5, 0.6) is 0 Å². The number of hydrogen-bond acceptors (Lipinski definition) is 4. The number of nitrogens with zero attached hydrogens (tertiary/aromatic N) is 1. The molecule has 1 amide bonds. The van der Waals surface area contributed by atoms with Gasteiger partial charge in [0, 0.05) is 31.2 Å². The molecule has 1 aromatic carbocycles. The van der Waals surface area contributed by atoms with Gasteiger partial charge >= 0.3 is 5.51 Å². The fraction of sp³-hybridized carbons (Fsp3) is 0.462. The first-order chi connectivity index (χ1) is 10.1. The lowest BCUT2D eigenvalue weighted by Gasteiger charge is -2.28. The monoisotopic (exact) mass is 336 g/mol.